The first-order chi connectivity index (χ1) is 39.5. The normalized spacial score (nSPS) is 12.4. The number of esters is 3. The van der Waals surface area contributed by atoms with Gasteiger partial charge in [0, 0.05) is 19.3 Å². The third-order valence-corrected chi connectivity index (χ3v) is 15.7. The van der Waals surface area contributed by atoms with Crippen LogP contribution < -0.4 is 0 Å². The molecule has 0 saturated heterocycles. The topological polar surface area (TPSA) is 78.9 Å². The van der Waals surface area contributed by atoms with Crippen molar-refractivity contribution in [2.24, 2.45) is 0 Å². The van der Waals surface area contributed by atoms with Gasteiger partial charge in [0.1, 0.15) is 13.2 Å². The van der Waals surface area contributed by atoms with E-state index >= 15 is 0 Å². The van der Waals surface area contributed by atoms with Gasteiger partial charge in [-0.05, 0) is 109 Å². The summed E-state index contributed by atoms with van der Waals surface area (Å²) < 4.78 is 17.0. The van der Waals surface area contributed by atoms with Gasteiger partial charge < -0.3 is 14.2 Å². The molecule has 0 aromatic carbocycles. The zero-order valence-electron chi connectivity index (χ0n) is 53.6. The van der Waals surface area contributed by atoms with Crippen molar-refractivity contribution in [1.82, 2.24) is 0 Å². The molecule has 0 spiro atoms. The summed E-state index contributed by atoms with van der Waals surface area (Å²) in [5.74, 6) is -0.868. The fraction of sp³-hybridized carbons (Fsp3) is 0.824. The highest BCUT2D eigenvalue weighted by molar-refractivity contribution is 5.71. The predicted molar refractivity (Wildman–Crippen MR) is 348 cm³/mol. The highest BCUT2D eigenvalue weighted by atomic mass is 16.6. The van der Waals surface area contributed by atoms with E-state index in [1.54, 1.807) is 0 Å². The first-order valence-electron chi connectivity index (χ1n) is 35.3. The van der Waals surface area contributed by atoms with E-state index in [4.69, 9.17) is 14.2 Å². The minimum absolute atomic E-state index is 0.0767. The van der Waals surface area contributed by atoms with Crippen LogP contribution in [0, 0.1) is 0 Å². The van der Waals surface area contributed by atoms with Crippen LogP contribution in [0.1, 0.15) is 374 Å². The van der Waals surface area contributed by atoms with Gasteiger partial charge in [-0.25, -0.2) is 0 Å². The zero-order valence-corrected chi connectivity index (χ0v) is 53.6. The lowest BCUT2D eigenvalue weighted by Crippen LogP contribution is -2.30. The largest absolute Gasteiger partial charge is 0.462 e. The second kappa shape index (κ2) is 68.6. The fourth-order valence-corrected chi connectivity index (χ4v) is 10.4. The van der Waals surface area contributed by atoms with Crippen molar-refractivity contribution in [3.05, 3.63) is 60.8 Å². The summed E-state index contributed by atoms with van der Waals surface area (Å²) in [6.45, 7) is 6.66. The standard InChI is InChI=1S/C74H134O6/c1-4-7-10-13-16-19-22-25-28-30-32-34-36-37-39-40-42-44-46-49-52-55-58-61-64-67-73(76)79-70-71(69-78-72(75)66-63-60-57-54-51-48-27-24-21-18-15-12-9-6-3)80-74(77)68-65-62-59-56-53-50-47-45-43-41-38-35-33-31-29-26-23-20-17-14-11-8-5-2/h22,24-25,27,30-33,36-37,71H,4-21,23,26,28-29,34-35,38-70H2,1-3H3/b25-22-,27-24-,32-30-,33-31-,37-36-. The summed E-state index contributed by atoms with van der Waals surface area (Å²) in [4.78, 5) is 38.4. The Morgan fingerprint density at radius 3 is 0.713 bits per heavy atom. The van der Waals surface area contributed by atoms with E-state index in [9.17, 15) is 14.4 Å². The van der Waals surface area contributed by atoms with Crippen LogP contribution in [0.4, 0.5) is 0 Å². The van der Waals surface area contributed by atoms with E-state index in [1.165, 1.54) is 257 Å². The maximum Gasteiger partial charge on any atom is 0.306 e. The van der Waals surface area contributed by atoms with Gasteiger partial charge in [-0.1, -0.05) is 306 Å². The van der Waals surface area contributed by atoms with Crippen LogP contribution in [0.2, 0.25) is 0 Å². The van der Waals surface area contributed by atoms with Crippen LogP contribution in [-0.2, 0) is 28.6 Å². The number of ether oxygens (including phenoxy) is 3. The van der Waals surface area contributed by atoms with E-state index in [1.807, 2.05) is 0 Å². The Bertz CT molecular complexity index is 1430. The van der Waals surface area contributed by atoms with Gasteiger partial charge in [0.05, 0.1) is 0 Å². The Morgan fingerprint density at radius 1 is 0.250 bits per heavy atom. The Morgan fingerprint density at radius 2 is 0.450 bits per heavy atom. The molecular formula is C74H134O6. The van der Waals surface area contributed by atoms with Crippen molar-refractivity contribution in [2.45, 2.75) is 380 Å². The Balaban J connectivity index is 4.30. The average molecular weight is 1120 g/mol. The first-order valence-corrected chi connectivity index (χ1v) is 35.3. The maximum absolute atomic E-state index is 13.0. The number of carbonyl (C=O) groups excluding carboxylic acids is 3. The molecule has 1 unspecified atom stereocenters. The number of hydrogen-bond acceptors (Lipinski definition) is 6. The van der Waals surface area contributed by atoms with Gasteiger partial charge in [0.25, 0.3) is 0 Å². The van der Waals surface area contributed by atoms with Crippen molar-refractivity contribution < 1.29 is 28.6 Å². The Kier molecular flexibility index (Phi) is 66.1. The molecule has 0 rings (SSSR count). The van der Waals surface area contributed by atoms with Gasteiger partial charge >= 0.3 is 17.9 Å². The number of rotatable bonds is 65. The summed E-state index contributed by atoms with van der Waals surface area (Å²) in [6, 6.07) is 0. The molecule has 0 N–H and O–H groups in total. The second-order valence-electron chi connectivity index (χ2n) is 23.8. The monoisotopic (exact) mass is 1120 g/mol. The van der Waals surface area contributed by atoms with Crippen LogP contribution >= 0.6 is 0 Å². The number of carbonyl (C=O) groups is 3. The molecule has 6 heteroatoms. The van der Waals surface area contributed by atoms with E-state index in [2.05, 4.69) is 81.5 Å². The molecule has 0 saturated carbocycles. The first kappa shape index (κ1) is 77.1. The lowest BCUT2D eigenvalue weighted by Gasteiger charge is -2.18. The van der Waals surface area contributed by atoms with Crippen molar-refractivity contribution in [2.75, 3.05) is 13.2 Å². The van der Waals surface area contributed by atoms with Crippen molar-refractivity contribution in [3.8, 4) is 0 Å². The second-order valence-corrected chi connectivity index (χ2v) is 23.8. The summed E-state index contributed by atoms with van der Waals surface area (Å²) in [7, 11) is 0. The average Bonchev–Trinajstić information content (AvgIpc) is 3.46. The van der Waals surface area contributed by atoms with Gasteiger partial charge in [0.2, 0.25) is 0 Å². The summed E-state index contributed by atoms with van der Waals surface area (Å²) in [5, 5.41) is 0. The van der Waals surface area contributed by atoms with Crippen LogP contribution in [0.15, 0.2) is 60.8 Å². The molecule has 0 aliphatic rings. The van der Waals surface area contributed by atoms with Crippen LogP contribution in [0.25, 0.3) is 0 Å². The van der Waals surface area contributed by atoms with E-state index in [0.717, 1.165) is 77.0 Å². The molecule has 0 radical (unpaired) electrons. The van der Waals surface area contributed by atoms with E-state index in [-0.39, 0.29) is 31.1 Å². The molecule has 80 heavy (non-hydrogen) atoms. The molecule has 0 aliphatic carbocycles. The fourth-order valence-electron chi connectivity index (χ4n) is 10.4. The summed E-state index contributed by atoms with van der Waals surface area (Å²) in [5.41, 5.74) is 0. The Labute approximate surface area is 498 Å². The number of unbranched alkanes of at least 4 members (excludes halogenated alkanes) is 44. The minimum Gasteiger partial charge on any atom is -0.462 e. The lowest BCUT2D eigenvalue weighted by molar-refractivity contribution is -0.167. The third kappa shape index (κ3) is 65.9. The van der Waals surface area contributed by atoms with Crippen LogP contribution in [0.5, 0.6) is 0 Å². The SMILES string of the molecule is CCCCCCC/C=C\C/C=C\C/C=C\CCCCCCCCCCCCC(=O)OCC(COC(=O)CCCCCCC/C=C\CCCCCCC)OC(=O)CCCCCCCCCCCCC/C=C\CCCCCCCCCC. The van der Waals surface area contributed by atoms with Crippen molar-refractivity contribution in [3.63, 3.8) is 0 Å². The number of allylic oxidation sites excluding steroid dienone is 10. The van der Waals surface area contributed by atoms with Gasteiger partial charge in [-0.3, -0.25) is 14.4 Å². The molecule has 0 aromatic rings. The van der Waals surface area contributed by atoms with Gasteiger partial charge in [0.15, 0.2) is 6.10 Å². The lowest BCUT2D eigenvalue weighted by atomic mass is 10.0. The highest BCUT2D eigenvalue weighted by Gasteiger charge is 2.19. The molecule has 0 aromatic heterocycles. The highest BCUT2D eigenvalue weighted by Crippen LogP contribution is 2.17. The van der Waals surface area contributed by atoms with Gasteiger partial charge in [-0.15, -0.1) is 0 Å². The maximum atomic E-state index is 13.0. The molecule has 1 atom stereocenters. The van der Waals surface area contributed by atoms with E-state index < -0.39 is 6.10 Å². The molecule has 0 heterocycles. The van der Waals surface area contributed by atoms with E-state index in [0.29, 0.717) is 19.3 Å². The van der Waals surface area contributed by atoms with Crippen LogP contribution in [0.3, 0.4) is 0 Å². The molecule has 0 amide bonds. The zero-order chi connectivity index (χ0) is 57.8. The molecule has 0 aliphatic heterocycles. The smallest absolute Gasteiger partial charge is 0.306 e. The van der Waals surface area contributed by atoms with Crippen LogP contribution in [-0.4, -0.2) is 37.2 Å². The quantitative estimate of drug-likeness (QED) is 0.0261. The third-order valence-electron chi connectivity index (χ3n) is 15.7. The predicted octanol–water partition coefficient (Wildman–Crippen LogP) is 24.3. The molecule has 0 bridgehead atoms. The van der Waals surface area contributed by atoms with Crippen molar-refractivity contribution >= 4 is 17.9 Å². The summed E-state index contributed by atoms with van der Waals surface area (Å²) in [6.07, 6.45) is 88.1. The Hall–Kier alpha value is -2.89. The molecule has 6 nitrogen and oxygen atoms in total. The summed E-state index contributed by atoms with van der Waals surface area (Å²) >= 11 is 0. The molecule has 466 valence electrons. The molecule has 0 fully saturated rings. The van der Waals surface area contributed by atoms with Crippen molar-refractivity contribution in [1.29, 1.82) is 0 Å². The number of hydrogen-bond donors (Lipinski definition) is 0. The minimum atomic E-state index is -0.781. The van der Waals surface area contributed by atoms with Gasteiger partial charge in [-0.2, -0.15) is 0 Å². The molecular weight excluding hydrogens is 985 g/mol.